The average Bonchev–Trinajstić information content (AvgIpc) is 2.89. The Kier molecular flexibility index (Phi) is 18.2. The Morgan fingerprint density at radius 2 is 0.913 bits per heavy atom. The molecule has 0 aromatic carbocycles. The Morgan fingerprint density at radius 1 is 0.565 bits per heavy atom. The number of ether oxygens (including phenoxy) is 4. The predicted octanol–water partition coefficient (Wildman–Crippen LogP) is 0.988. The summed E-state index contributed by atoms with van der Waals surface area (Å²) in [6.45, 7) is -6.76. The molecule has 0 radical (unpaired) electrons. The zero-order valence-corrected chi connectivity index (χ0v) is 24.9. The van der Waals surface area contributed by atoms with Gasteiger partial charge in [0.15, 0.2) is 0 Å². The molecule has 0 N–H and O–H groups in total. The van der Waals surface area contributed by atoms with Gasteiger partial charge in [-0.15, -0.1) is 0 Å². The van der Waals surface area contributed by atoms with Crippen LogP contribution < -0.4 is 34.7 Å². The third-order valence-electron chi connectivity index (χ3n) is 5.33. The van der Waals surface area contributed by atoms with Crippen molar-refractivity contribution in [2.45, 2.75) is 67.6 Å². The number of carboxylic acids is 1. The van der Waals surface area contributed by atoms with Crippen molar-refractivity contribution < 1.29 is 138 Å². The van der Waals surface area contributed by atoms with Crippen molar-refractivity contribution >= 4 is 17.9 Å². The van der Waals surface area contributed by atoms with Crippen LogP contribution in [0.25, 0.3) is 0 Å². The van der Waals surface area contributed by atoms with E-state index in [1.807, 2.05) is 0 Å². The molecular weight excluding hydrogens is 707 g/mol. The first-order valence-corrected chi connectivity index (χ1v) is 11.7. The topological polar surface area (TPSA) is 111 Å². The van der Waals surface area contributed by atoms with Gasteiger partial charge in [-0.1, -0.05) is 0 Å². The Hall–Kier alpha value is -1.79. The summed E-state index contributed by atoms with van der Waals surface area (Å²) in [6, 6.07) is 0. The third-order valence-corrected chi connectivity index (χ3v) is 5.33. The minimum Gasteiger partial charge on any atom is -0.549 e. The van der Waals surface area contributed by atoms with Gasteiger partial charge in [0.2, 0.25) is 0 Å². The normalized spacial score (nSPS) is 14.2. The summed E-state index contributed by atoms with van der Waals surface area (Å²) >= 11 is 0. The van der Waals surface area contributed by atoms with Crippen molar-refractivity contribution in [1.82, 2.24) is 0 Å². The molecule has 0 aliphatic carbocycles. The number of hydrogen-bond donors (Lipinski definition) is 0. The molecule has 0 heterocycles. The zero-order valence-electron chi connectivity index (χ0n) is 22.9. The fourth-order valence-corrected chi connectivity index (χ4v) is 2.69. The van der Waals surface area contributed by atoms with Crippen molar-refractivity contribution in [2.24, 2.45) is 5.92 Å². The molecule has 25 heteroatoms. The van der Waals surface area contributed by atoms with Gasteiger partial charge in [-0.2, -0.15) is 52.7 Å². The first-order chi connectivity index (χ1) is 20.2. The number of aliphatic carboxylic acids is 1. The standard InChI is InChI=1S/C21H22F16O8.Na/c22-14(23)18(30,31)20(34,35)16(26,27)1-3-42-5-7-44-11(38)9-10(12(39)40)13(41)45-8-6-43-4-2-17(28,29)21(36,37)19(32,33)15(24)25;/h10,14-15H,1-9H2,(H,39,40);/q;+1/p-1. The van der Waals surface area contributed by atoms with E-state index in [1.165, 1.54) is 0 Å². The summed E-state index contributed by atoms with van der Waals surface area (Å²) in [6.07, 6.45) is -16.0. The van der Waals surface area contributed by atoms with E-state index in [4.69, 9.17) is 0 Å². The zero-order chi connectivity index (χ0) is 35.7. The molecule has 0 saturated heterocycles. The van der Waals surface area contributed by atoms with E-state index in [9.17, 15) is 89.7 Å². The Morgan fingerprint density at radius 3 is 1.24 bits per heavy atom. The number of hydrogen-bond acceptors (Lipinski definition) is 8. The molecule has 266 valence electrons. The minimum absolute atomic E-state index is 0. The molecule has 0 amide bonds. The van der Waals surface area contributed by atoms with Crippen LogP contribution in [0.5, 0.6) is 0 Å². The smallest absolute Gasteiger partial charge is 0.549 e. The molecule has 0 aliphatic rings. The van der Waals surface area contributed by atoms with Gasteiger partial charge in [-0.05, 0) is 0 Å². The number of rotatable bonds is 22. The van der Waals surface area contributed by atoms with Crippen LogP contribution in [-0.4, -0.2) is 106 Å². The summed E-state index contributed by atoms with van der Waals surface area (Å²) in [5, 5.41) is 11.1. The Labute approximate surface area is 269 Å². The van der Waals surface area contributed by atoms with Crippen LogP contribution in [-0.2, 0) is 33.3 Å². The largest absolute Gasteiger partial charge is 1.00 e. The van der Waals surface area contributed by atoms with E-state index in [1.54, 1.807) is 0 Å². The maximum Gasteiger partial charge on any atom is 1.00 e. The fraction of sp³-hybridized carbons (Fsp3) is 0.857. The summed E-state index contributed by atoms with van der Waals surface area (Å²) in [7, 11) is 0. The maximum absolute atomic E-state index is 13.4. The molecule has 0 aliphatic heterocycles. The van der Waals surface area contributed by atoms with Crippen molar-refractivity contribution in [3.05, 3.63) is 0 Å². The maximum atomic E-state index is 13.4. The van der Waals surface area contributed by atoms with E-state index >= 15 is 0 Å². The molecule has 0 bridgehead atoms. The van der Waals surface area contributed by atoms with E-state index in [2.05, 4.69) is 18.9 Å². The molecular formula is C21H21F16NaO8. The molecule has 0 saturated carbocycles. The number of carboxylic acid groups (broad SMARTS) is 1. The first kappa shape index (κ1) is 46.3. The van der Waals surface area contributed by atoms with Gasteiger partial charge in [-0.3, -0.25) is 9.59 Å². The minimum atomic E-state index is -6.49. The number of carbonyl (C=O) groups is 3. The number of alkyl halides is 16. The molecule has 0 aromatic heterocycles. The van der Waals surface area contributed by atoms with Crippen LogP contribution in [0.3, 0.4) is 0 Å². The average molecular weight is 728 g/mol. The summed E-state index contributed by atoms with van der Waals surface area (Å²) in [5.74, 6) is -45.1. The van der Waals surface area contributed by atoms with Crippen LogP contribution in [0.4, 0.5) is 70.2 Å². The fourth-order valence-electron chi connectivity index (χ4n) is 2.69. The van der Waals surface area contributed by atoms with Gasteiger partial charge in [0.25, 0.3) is 0 Å². The number of halogens is 16. The molecule has 46 heavy (non-hydrogen) atoms. The van der Waals surface area contributed by atoms with Crippen molar-refractivity contribution in [1.29, 1.82) is 0 Å². The summed E-state index contributed by atoms with van der Waals surface area (Å²) in [5.41, 5.74) is 0. The predicted molar refractivity (Wildman–Crippen MR) is 108 cm³/mol. The van der Waals surface area contributed by atoms with Gasteiger partial charge in [0.05, 0.1) is 38.8 Å². The van der Waals surface area contributed by atoms with E-state index in [0.717, 1.165) is 0 Å². The monoisotopic (exact) mass is 728 g/mol. The van der Waals surface area contributed by atoms with Crippen molar-refractivity contribution in [2.75, 3.05) is 39.6 Å². The number of esters is 2. The Bertz CT molecular complexity index is 984. The van der Waals surface area contributed by atoms with Crippen molar-refractivity contribution in [3.63, 3.8) is 0 Å². The van der Waals surface area contributed by atoms with Crippen LogP contribution >= 0.6 is 0 Å². The van der Waals surface area contributed by atoms with Gasteiger partial charge >= 0.3 is 89.9 Å². The van der Waals surface area contributed by atoms with E-state index in [-0.39, 0.29) is 29.6 Å². The van der Waals surface area contributed by atoms with Gasteiger partial charge < -0.3 is 28.8 Å². The second-order valence-electron chi connectivity index (χ2n) is 8.59. The molecule has 0 spiro atoms. The Balaban J connectivity index is 0. The summed E-state index contributed by atoms with van der Waals surface area (Å²) in [4.78, 5) is 34.5. The van der Waals surface area contributed by atoms with Crippen LogP contribution in [0.2, 0.25) is 0 Å². The SMILES string of the molecule is O=C(CC(C(=O)[O-])C(=O)OCCOCCC(F)(F)C(F)(F)C(F)(F)C(F)F)OCCOCCC(F)(F)C(F)(F)C(F)(F)C(F)F.[Na+]. The van der Waals surface area contributed by atoms with Crippen LogP contribution in [0.1, 0.15) is 19.3 Å². The third kappa shape index (κ3) is 11.7. The molecule has 0 fully saturated rings. The molecule has 1 atom stereocenters. The quantitative estimate of drug-likeness (QED) is 0.0535. The van der Waals surface area contributed by atoms with Crippen LogP contribution in [0, 0.1) is 5.92 Å². The van der Waals surface area contributed by atoms with Gasteiger partial charge in [-0.25, -0.2) is 17.6 Å². The summed E-state index contributed by atoms with van der Waals surface area (Å²) < 4.78 is 222. The van der Waals surface area contributed by atoms with E-state index < -0.39 is 131 Å². The molecule has 0 aromatic rings. The number of carbonyl (C=O) groups excluding carboxylic acids is 3. The molecule has 1 unspecified atom stereocenters. The molecule has 8 nitrogen and oxygen atoms in total. The van der Waals surface area contributed by atoms with Gasteiger partial charge in [0.1, 0.15) is 19.1 Å². The second kappa shape index (κ2) is 18.1. The molecule has 0 rings (SSSR count). The van der Waals surface area contributed by atoms with E-state index in [0.29, 0.717) is 0 Å². The second-order valence-corrected chi connectivity index (χ2v) is 8.59. The van der Waals surface area contributed by atoms with Crippen molar-refractivity contribution in [3.8, 4) is 0 Å². The first-order valence-electron chi connectivity index (χ1n) is 11.7. The van der Waals surface area contributed by atoms with Gasteiger partial charge in [0, 0.05) is 12.8 Å². The van der Waals surface area contributed by atoms with Crippen LogP contribution in [0.15, 0.2) is 0 Å².